The average molecular weight is 384 g/mol. The van der Waals surface area contributed by atoms with Gasteiger partial charge in [0.15, 0.2) is 0 Å². The van der Waals surface area contributed by atoms with E-state index in [4.69, 9.17) is 0 Å². The van der Waals surface area contributed by atoms with E-state index in [-0.39, 0.29) is 11.0 Å². The minimum Gasteiger partial charge on any atom is -0.322 e. The third-order valence-corrected chi connectivity index (χ3v) is 3.57. The molecule has 0 atom stereocenters. The monoisotopic (exact) mass is 384 g/mol. The fourth-order valence-electron chi connectivity index (χ4n) is 1.75. The summed E-state index contributed by atoms with van der Waals surface area (Å²) in [6.07, 6.45) is -9.53. The van der Waals surface area contributed by atoms with Crippen molar-refractivity contribution in [2.24, 2.45) is 0 Å². The first-order valence-electron chi connectivity index (χ1n) is 6.21. The van der Waals surface area contributed by atoms with Crippen molar-refractivity contribution in [3.63, 3.8) is 0 Å². The van der Waals surface area contributed by atoms with E-state index in [9.17, 15) is 40.7 Å². The molecule has 1 aromatic carbocycles. The lowest BCUT2D eigenvalue weighted by Gasteiger charge is -2.14. The molecule has 12 heteroatoms. The lowest BCUT2D eigenvalue weighted by Crippen LogP contribution is -2.19. The van der Waals surface area contributed by atoms with Crippen molar-refractivity contribution in [2.75, 3.05) is 5.32 Å². The second kappa shape index (κ2) is 6.43. The Hall–Kier alpha value is -2.50. The zero-order valence-electron chi connectivity index (χ0n) is 11.7. The molecule has 0 bridgehead atoms. The molecule has 5 nitrogen and oxygen atoms in total. The van der Waals surface area contributed by atoms with Crippen molar-refractivity contribution in [1.29, 1.82) is 0 Å². The SMILES string of the molecule is O=C(/C=C1\SC(=O)NC1=O)Nc1cc(C(F)(F)F)cc(C(F)(F)F)c1. The first-order chi connectivity index (χ1) is 11.4. The number of anilines is 1. The zero-order valence-corrected chi connectivity index (χ0v) is 12.5. The van der Waals surface area contributed by atoms with Crippen LogP contribution >= 0.6 is 11.8 Å². The highest BCUT2D eigenvalue weighted by atomic mass is 32.2. The van der Waals surface area contributed by atoms with E-state index in [2.05, 4.69) is 0 Å². The molecule has 3 amide bonds. The summed E-state index contributed by atoms with van der Waals surface area (Å²) < 4.78 is 76.3. The molecule has 0 saturated carbocycles. The van der Waals surface area contributed by atoms with Crippen molar-refractivity contribution in [3.05, 3.63) is 40.3 Å². The molecule has 1 aliphatic rings. The van der Waals surface area contributed by atoms with Crippen molar-refractivity contribution in [3.8, 4) is 0 Å². The molecule has 25 heavy (non-hydrogen) atoms. The number of carbonyl (C=O) groups is 3. The number of imide groups is 1. The molecule has 1 heterocycles. The van der Waals surface area contributed by atoms with E-state index in [1.165, 1.54) is 0 Å². The number of benzene rings is 1. The molecule has 0 spiro atoms. The van der Waals surface area contributed by atoms with E-state index < -0.39 is 46.2 Å². The topological polar surface area (TPSA) is 75.3 Å². The van der Waals surface area contributed by atoms with Crippen molar-refractivity contribution in [1.82, 2.24) is 5.32 Å². The quantitative estimate of drug-likeness (QED) is 0.604. The number of amides is 3. The fraction of sp³-hybridized carbons (Fsp3) is 0.154. The van der Waals surface area contributed by atoms with Gasteiger partial charge in [0, 0.05) is 11.8 Å². The largest absolute Gasteiger partial charge is 0.416 e. The summed E-state index contributed by atoms with van der Waals surface area (Å²) in [7, 11) is 0. The maximum Gasteiger partial charge on any atom is 0.416 e. The van der Waals surface area contributed by atoms with Crippen LogP contribution in [0.4, 0.5) is 36.8 Å². The lowest BCUT2D eigenvalue weighted by atomic mass is 10.1. The Morgan fingerprint density at radius 3 is 1.92 bits per heavy atom. The summed E-state index contributed by atoms with van der Waals surface area (Å²) in [6, 6.07) is 0.546. The molecule has 2 N–H and O–H groups in total. The molecule has 134 valence electrons. The number of halogens is 6. The van der Waals surface area contributed by atoms with E-state index in [1.807, 2.05) is 10.6 Å². The van der Waals surface area contributed by atoms with Crippen LogP contribution in [0.2, 0.25) is 0 Å². The standard InChI is InChI=1S/C13H6F6N2O3S/c14-12(15,16)5-1-6(13(17,18)19)3-7(2-5)20-9(22)4-8-10(23)21-11(24)25-8/h1-4H,(H,20,22)(H,21,23,24)/b8-4-. The van der Waals surface area contributed by atoms with Gasteiger partial charge in [-0.25, -0.2) is 0 Å². The van der Waals surface area contributed by atoms with Crippen LogP contribution in [-0.2, 0) is 21.9 Å². The lowest BCUT2D eigenvalue weighted by molar-refractivity contribution is -0.143. The molecule has 1 aromatic rings. The number of rotatable bonds is 2. The van der Waals surface area contributed by atoms with Crippen molar-refractivity contribution in [2.45, 2.75) is 12.4 Å². The van der Waals surface area contributed by atoms with Crippen LogP contribution in [0.3, 0.4) is 0 Å². The second-order valence-electron chi connectivity index (χ2n) is 4.64. The van der Waals surface area contributed by atoms with Crippen LogP contribution < -0.4 is 10.6 Å². The van der Waals surface area contributed by atoms with Gasteiger partial charge in [0.2, 0.25) is 5.91 Å². The number of nitrogens with one attached hydrogen (secondary N) is 2. The van der Waals surface area contributed by atoms with Gasteiger partial charge in [-0.2, -0.15) is 26.3 Å². The van der Waals surface area contributed by atoms with Gasteiger partial charge in [-0.15, -0.1) is 0 Å². The first kappa shape index (κ1) is 18.8. The van der Waals surface area contributed by atoms with Gasteiger partial charge in [-0.3, -0.25) is 19.7 Å². The summed E-state index contributed by atoms with van der Waals surface area (Å²) in [6.45, 7) is 0. The van der Waals surface area contributed by atoms with Gasteiger partial charge >= 0.3 is 12.4 Å². The van der Waals surface area contributed by atoms with Crippen molar-refractivity contribution >= 4 is 34.5 Å². The first-order valence-corrected chi connectivity index (χ1v) is 7.03. The van der Waals surface area contributed by atoms with Crippen molar-refractivity contribution < 1.29 is 40.7 Å². The maximum absolute atomic E-state index is 12.7. The Kier molecular flexibility index (Phi) is 4.84. The summed E-state index contributed by atoms with van der Waals surface area (Å²) >= 11 is 0.368. The van der Waals surface area contributed by atoms with Crippen LogP contribution in [0.1, 0.15) is 11.1 Å². The van der Waals surface area contributed by atoms with Gasteiger partial charge in [-0.05, 0) is 30.0 Å². The van der Waals surface area contributed by atoms with Gasteiger partial charge in [0.25, 0.3) is 11.1 Å². The van der Waals surface area contributed by atoms with E-state index in [0.717, 1.165) is 0 Å². The Bertz CT molecular complexity index is 753. The van der Waals surface area contributed by atoms with Crippen LogP contribution in [0, 0.1) is 0 Å². The summed E-state index contributed by atoms with van der Waals surface area (Å²) in [4.78, 5) is 33.5. The predicted molar refractivity (Wildman–Crippen MR) is 74.3 cm³/mol. The van der Waals surface area contributed by atoms with E-state index in [1.54, 1.807) is 0 Å². The van der Waals surface area contributed by atoms with Gasteiger partial charge in [0.1, 0.15) is 0 Å². The normalized spacial score (nSPS) is 17.0. The Morgan fingerprint density at radius 1 is 1.00 bits per heavy atom. The highest BCUT2D eigenvalue weighted by Gasteiger charge is 2.37. The molecule has 2 rings (SSSR count). The second-order valence-corrected chi connectivity index (χ2v) is 5.65. The number of thioether (sulfide) groups is 1. The predicted octanol–water partition coefficient (Wildman–Crippen LogP) is 3.53. The molecule has 0 unspecified atom stereocenters. The maximum atomic E-state index is 12.7. The highest BCUT2D eigenvalue weighted by molar-refractivity contribution is 8.18. The molecule has 0 aliphatic carbocycles. The zero-order chi connectivity index (χ0) is 19.0. The number of carbonyl (C=O) groups excluding carboxylic acids is 3. The smallest absolute Gasteiger partial charge is 0.322 e. The molecular formula is C13H6F6N2O3S. The van der Waals surface area contributed by atoms with Crippen LogP contribution in [0.5, 0.6) is 0 Å². The summed E-state index contributed by atoms with van der Waals surface area (Å²) in [5.74, 6) is -2.06. The Morgan fingerprint density at radius 2 is 1.52 bits per heavy atom. The Labute approximate surface area is 139 Å². The van der Waals surface area contributed by atoms with Crippen LogP contribution in [-0.4, -0.2) is 17.1 Å². The van der Waals surface area contributed by atoms with E-state index >= 15 is 0 Å². The Balaban J connectivity index is 2.32. The van der Waals surface area contributed by atoms with E-state index in [0.29, 0.717) is 30.0 Å². The van der Waals surface area contributed by atoms with Gasteiger partial charge < -0.3 is 5.32 Å². The van der Waals surface area contributed by atoms with Gasteiger partial charge in [0.05, 0.1) is 16.0 Å². The average Bonchev–Trinajstić information content (AvgIpc) is 2.74. The number of alkyl halides is 6. The summed E-state index contributed by atoms with van der Waals surface area (Å²) in [5, 5.41) is 2.88. The molecular weight excluding hydrogens is 378 g/mol. The third-order valence-electron chi connectivity index (χ3n) is 2.76. The van der Waals surface area contributed by atoms with Crippen LogP contribution in [0.25, 0.3) is 0 Å². The highest BCUT2D eigenvalue weighted by Crippen LogP contribution is 2.37. The number of hydrogen-bond acceptors (Lipinski definition) is 4. The number of hydrogen-bond donors (Lipinski definition) is 2. The molecule has 0 aromatic heterocycles. The minimum atomic E-state index is -5.06. The molecule has 0 radical (unpaired) electrons. The van der Waals surface area contributed by atoms with Gasteiger partial charge in [-0.1, -0.05) is 0 Å². The molecule has 1 saturated heterocycles. The summed E-state index contributed by atoms with van der Waals surface area (Å²) in [5.41, 5.74) is -3.97. The molecule has 1 fully saturated rings. The third kappa shape index (κ3) is 4.75. The van der Waals surface area contributed by atoms with Crippen LogP contribution in [0.15, 0.2) is 29.2 Å². The minimum absolute atomic E-state index is 0.0902. The molecule has 1 aliphatic heterocycles. The fourth-order valence-corrected chi connectivity index (χ4v) is 2.40.